The van der Waals surface area contributed by atoms with E-state index in [1.54, 1.807) is 25.1 Å². The zero-order chi connectivity index (χ0) is 16.8. The van der Waals surface area contributed by atoms with Gasteiger partial charge in [0.05, 0.1) is 5.02 Å². The lowest BCUT2D eigenvalue weighted by Gasteiger charge is -2.23. The smallest absolute Gasteiger partial charge is 0.321 e. The van der Waals surface area contributed by atoms with Gasteiger partial charge in [-0.05, 0) is 31.9 Å². The summed E-state index contributed by atoms with van der Waals surface area (Å²) in [4.78, 5) is 23.9. The van der Waals surface area contributed by atoms with E-state index in [-0.39, 0.29) is 11.1 Å². The molecule has 0 spiro atoms. The predicted molar refractivity (Wildman–Crippen MR) is 90.1 cm³/mol. The van der Waals surface area contributed by atoms with Crippen LogP contribution in [0.3, 0.4) is 0 Å². The molecule has 0 saturated heterocycles. The predicted octanol–water partition coefficient (Wildman–Crippen LogP) is 3.92. The number of amides is 3. The number of rotatable bonds is 4. The van der Waals surface area contributed by atoms with Crippen molar-refractivity contribution in [3.8, 4) is 5.75 Å². The fourth-order valence-corrected chi connectivity index (χ4v) is 2.84. The zero-order valence-electron chi connectivity index (χ0n) is 12.9. The topological polar surface area (TPSA) is 67.4 Å². The van der Waals surface area contributed by atoms with Crippen LogP contribution in [0.4, 0.5) is 4.79 Å². The van der Waals surface area contributed by atoms with Gasteiger partial charge < -0.3 is 10.1 Å². The van der Waals surface area contributed by atoms with E-state index in [1.807, 2.05) is 0 Å². The number of hydrogen-bond acceptors (Lipinski definition) is 3. The van der Waals surface area contributed by atoms with Crippen molar-refractivity contribution >= 4 is 35.1 Å². The molecule has 0 aromatic heterocycles. The number of urea groups is 1. The summed E-state index contributed by atoms with van der Waals surface area (Å²) in [5, 5.41) is 5.68. The summed E-state index contributed by atoms with van der Waals surface area (Å²) < 4.78 is 5.47. The highest BCUT2D eigenvalue weighted by Gasteiger charge is 2.21. The molecule has 1 fully saturated rings. The first-order valence-electron chi connectivity index (χ1n) is 7.69. The molecule has 7 heteroatoms. The molecule has 1 aromatic rings. The van der Waals surface area contributed by atoms with E-state index in [0.717, 1.165) is 25.7 Å². The number of carbonyl (C=O) groups excluding carboxylic acids is 2. The van der Waals surface area contributed by atoms with Crippen LogP contribution < -0.4 is 15.4 Å². The first-order chi connectivity index (χ1) is 11.0. The van der Waals surface area contributed by atoms with Gasteiger partial charge >= 0.3 is 6.03 Å². The number of halogens is 2. The van der Waals surface area contributed by atoms with Crippen molar-refractivity contribution in [2.45, 2.75) is 51.2 Å². The summed E-state index contributed by atoms with van der Waals surface area (Å²) in [6, 6.07) is 4.55. The molecule has 1 atom stereocenters. The molecule has 0 unspecified atom stereocenters. The fourth-order valence-electron chi connectivity index (χ4n) is 2.50. The van der Waals surface area contributed by atoms with Gasteiger partial charge in [-0.25, -0.2) is 4.79 Å². The molecule has 3 amide bonds. The highest BCUT2D eigenvalue weighted by molar-refractivity contribution is 6.42. The summed E-state index contributed by atoms with van der Waals surface area (Å²) in [5.41, 5.74) is 0. The average molecular weight is 359 g/mol. The molecular weight excluding hydrogens is 339 g/mol. The van der Waals surface area contributed by atoms with Crippen molar-refractivity contribution in [3.63, 3.8) is 0 Å². The number of nitrogens with one attached hydrogen (secondary N) is 2. The lowest BCUT2D eigenvalue weighted by molar-refractivity contribution is -0.126. The number of ether oxygens (including phenoxy) is 1. The van der Waals surface area contributed by atoms with Crippen molar-refractivity contribution in [1.82, 2.24) is 10.6 Å². The number of hydrogen-bond donors (Lipinski definition) is 2. The molecule has 1 aliphatic carbocycles. The van der Waals surface area contributed by atoms with Crippen LogP contribution in [0.1, 0.15) is 39.0 Å². The third-order valence-electron chi connectivity index (χ3n) is 3.77. The second-order valence-corrected chi connectivity index (χ2v) is 6.39. The molecule has 2 N–H and O–H groups in total. The van der Waals surface area contributed by atoms with Crippen LogP contribution in [0, 0.1) is 0 Å². The fraction of sp³-hybridized carbons (Fsp3) is 0.500. The quantitative estimate of drug-likeness (QED) is 0.856. The van der Waals surface area contributed by atoms with Gasteiger partial charge in [0.1, 0.15) is 10.8 Å². The van der Waals surface area contributed by atoms with Crippen molar-refractivity contribution < 1.29 is 14.3 Å². The first kappa shape index (κ1) is 17.9. The van der Waals surface area contributed by atoms with E-state index in [1.165, 1.54) is 6.42 Å². The van der Waals surface area contributed by atoms with Gasteiger partial charge in [-0.3, -0.25) is 10.1 Å². The van der Waals surface area contributed by atoms with Gasteiger partial charge in [-0.1, -0.05) is 48.5 Å². The van der Waals surface area contributed by atoms with Gasteiger partial charge in [0.25, 0.3) is 5.91 Å². The minimum absolute atomic E-state index is 0.134. The number of imide groups is 1. The van der Waals surface area contributed by atoms with Crippen LogP contribution in [0.5, 0.6) is 5.75 Å². The lowest BCUT2D eigenvalue weighted by Crippen LogP contribution is -2.48. The summed E-state index contributed by atoms with van der Waals surface area (Å²) in [6.45, 7) is 1.54. The maximum absolute atomic E-state index is 12.0. The van der Waals surface area contributed by atoms with Crippen molar-refractivity contribution in [2.75, 3.05) is 0 Å². The van der Waals surface area contributed by atoms with E-state index >= 15 is 0 Å². The maximum atomic E-state index is 12.0. The Bertz CT molecular complexity index is 574. The molecule has 1 saturated carbocycles. The summed E-state index contributed by atoms with van der Waals surface area (Å²) in [5.74, 6) is -0.233. The molecule has 2 rings (SSSR count). The van der Waals surface area contributed by atoms with Gasteiger partial charge in [0.15, 0.2) is 6.10 Å². The second kappa shape index (κ2) is 8.41. The van der Waals surface area contributed by atoms with Crippen molar-refractivity contribution in [2.24, 2.45) is 0 Å². The Morgan fingerprint density at radius 3 is 2.61 bits per heavy atom. The standard InChI is InChI=1S/C16H20Cl2N2O3/c1-10(23-13-9-5-8-12(17)14(13)18)15(21)20-16(22)19-11-6-3-2-4-7-11/h5,8-11H,2-4,6-7H2,1H3,(H2,19,20,21,22)/t10-/m0/s1. The molecule has 0 bridgehead atoms. The third-order valence-corrected chi connectivity index (χ3v) is 4.57. The van der Waals surface area contributed by atoms with E-state index < -0.39 is 18.0 Å². The van der Waals surface area contributed by atoms with E-state index in [0.29, 0.717) is 10.8 Å². The highest BCUT2D eigenvalue weighted by Crippen LogP contribution is 2.32. The molecule has 126 valence electrons. The average Bonchev–Trinajstić information content (AvgIpc) is 2.52. The molecule has 0 aliphatic heterocycles. The Balaban J connectivity index is 1.84. The van der Waals surface area contributed by atoms with Crippen molar-refractivity contribution in [3.05, 3.63) is 28.2 Å². The molecule has 1 aromatic carbocycles. The molecule has 5 nitrogen and oxygen atoms in total. The van der Waals surface area contributed by atoms with E-state index in [4.69, 9.17) is 27.9 Å². The van der Waals surface area contributed by atoms with Crippen LogP contribution in [0.15, 0.2) is 18.2 Å². The van der Waals surface area contributed by atoms with Gasteiger partial charge in [0, 0.05) is 6.04 Å². The van der Waals surface area contributed by atoms with Crippen LogP contribution >= 0.6 is 23.2 Å². The molecular formula is C16H20Cl2N2O3. The van der Waals surface area contributed by atoms with Gasteiger partial charge in [-0.2, -0.15) is 0 Å². The summed E-state index contributed by atoms with van der Waals surface area (Å²) >= 11 is 11.9. The lowest BCUT2D eigenvalue weighted by atomic mass is 9.96. The van der Waals surface area contributed by atoms with Crippen molar-refractivity contribution in [1.29, 1.82) is 0 Å². The normalized spacial score (nSPS) is 16.5. The summed E-state index contributed by atoms with van der Waals surface area (Å²) in [7, 11) is 0. The van der Waals surface area contributed by atoms with Gasteiger partial charge in [0.2, 0.25) is 0 Å². The summed E-state index contributed by atoms with van der Waals surface area (Å²) in [6.07, 6.45) is 4.43. The number of carbonyl (C=O) groups is 2. The Kier molecular flexibility index (Phi) is 6.54. The minimum Gasteiger partial charge on any atom is -0.479 e. The number of benzene rings is 1. The van der Waals surface area contributed by atoms with Crippen LogP contribution in [-0.2, 0) is 4.79 Å². The second-order valence-electron chi connectivity index (χ2n) is 5.61. The Labute approximate surface area is 145 Å². The minimum atomic E-state index is -0.872. The molecule has 0 radical (unpaired) electrons. The molecule has 1 aliphatic rings. The Morgan fingerprint density at radius 2 is 1.91 bits per heavy atom. The zero-order valence-corrected chi connectivity index (χ0v) is 14.4. The maximum Gasteiger partial charge on any atom is 0.321 e. The largest absolute Gasteiger partial charge is 0.479 e. The van der Waals surface area contributed by atoms with Crippen LogP contribution in [0.25, 0.3) is 0 Å². The Morgan fingerprint density at radius 1 is 1.22 bits per heavy atom. The van der Waals surface area contributed by atoms with Crippen LogP contribution in [-0.4, -0.2) is 24.1 Å². The SMILES string of the molecule is C[C@H](Oc1cccc(Cl)c1Cl)C(=O)NC(=O)NC1CCCCC1. The van der Waals surface area contributed by atoms with E-state index in [2.05, 4.69) is 10.6 Å². The van der Waals surface area contributed by atoms with Gasteiger partial charge in [-0.15, -0.1) is 0 Å². The van der Waals surface area contributed by atoms with Crippen LogP contribution in [0.2, 0.25) is 10.0 Å². The highest BCUT2D eigenvalue weighted by atomic mass is 35.5. The Hall–Kier alpha value is -1.46. The molecule has 0 heterocycles. The monoisotopic (exact) mass is 358 g/mol. The first-order valence-corrected chi connectivity index (χ1v) is 8.45. The van der Waals surface area contributed by atoms with E-state index in [9.17, 15) is 9.59 Å². The third kappa shape index (κ3) is 5.29. The molecule has 23 heavy (non-hydrogen) atoms.